The third-order valence-electron chi connectivity index (χ3n) is 4.20. The van der Waals surface area contributed by atoms with E-state index in [-0.39, 0.29) is 34.2 Å². The lowest BCUT2D eigenvalue weighted by atomic mass is 10.2. The van der Waals surface area contributed by atoms with Gasteiger partial charge in [0.05, 0.1) is 17.3 Å². The molecule has 2 heterocycles. The number of hydrogen-bond acceptors (Lipinski definition) is 7. The van der Waals surface area contributed by atoms with Crippen LogP contribution < -0.4 is 20.7 Å². The number of rotatable bonds is 6. The Hall–Kier alpha value is -3.75. The third kappa shape index (κ3) is 5.48. The summed E-state index contributed by atoms with van der Waals surface area (Å²) in [5.74, 6) is -0.268. The second-order valence-corrected chi connectivity index (χ2v) is 6.78. The fraction of sp³-hybridized carbons (Fsp3) is 0.238. The van der Waals surface area contributed by atoms with Crippen molar-refractivity contribution in [3.05, 3.63) is 73.9 Å². The van der Waals surface area contributed by atoms with Gasteiger partial charge in [-0.15, -0.1) is 0 Å². The zero-order valence-electron chi connectivity index (χ0n) is 17.4. The molecule has 0 fully saturated rings. The van der Waals surface area contributed by atoms with E-state index >= 15 is 0 Å². The van der Waals surface area contributed by atoms with Crippen LogP contribution in [0.25, 0.3) is 5.69 Å². The van der Waals surface area contributed by atoms with Gasteiger partial charge in [-0.2, -0.15) is 9.59 Å². The van der Waals surface area contributed by atoms with Crippen LogP contribution in [0.4, 0.5) is 4.39 Å². The maximum atomic E-state index is 14.6. The van der Waals surface area contributed by atoms with Crippen molar-refractivity contribution in [2.45, 2.75) is 20.3 Å². The van der Waals surface area contributed by atoms with E-state index in [1.165, 1.54) is 23.7 Å². The summed E-state index contributed by atoms with van der Waals surface area (Å²) in [6.07, 6.45) is 2.57. The van der Waals surface area contributed by atoms with Crippen LogP contribution in [0.3, 0.4) is 0 Å². The highest BCUT2D eigenvalue weighted by atomic mass is 35.5. The van der Waals surface area contributed by atoms with Crippen molar-refractivity contribution in [3.63, 3.8) is 0 Å². The predicted molar refractivity (Wildman–Crippen MR) is 112 cm³/mol. The minimum atomic E-state index is -0.834. The highest BCUT2D eigenvalue weighted by Gasteiger charge is 2.18. The number of carbonyl (C=O) groups excluding carboxylic acids is 2. The van der Waals surface area contributed by atoms with Crippen molar-refractivity contribution in [3.8, 4) is 23.1 Å². The monoisotopic (exact) mass is 463 g/mol. The summed E-state index contributed by atoms with van der Waals surface area (Å²) in [6.45, 7) is 4.00. The topological polar surface area (TPSA) is 109 Å². The first-order chi connectivity index (χ1) is 15.2. The van der Waals surface area contributed by atoms with Crippen LogP contribution in [0.2, 0.25) is 5.02 Å². The van der Waals surface area contributed by atoms with Crippen LogP contribution in [-0.2, 0) is 16.6 Å². The van der Waals surface area contributed by atoms with E-state index in [1.807, 2.05) is 6.92 Å². The molecule has 0 saturated heterocycles. The lowest BCUT2D eigenvalue weighted by molar-refractivity contribution is -0.191. The fourth-order valence-electron chi connectivity index (χ4n) is 2.60. The van der Waals surface area contributed by atoms with Crippen molar-refractivity contribution >= 4 is 17.8 Å². The molecule has 0 spiro atoms. The number of aryl methyl sites for hydroxylation is 1. The van der Waals surface area contributed by atoms with E-state index in [4.69, 9.17) is 30.7 Å². The number of halogens is 2. The van der Waals surface area contributed by atoms with Gasteiger partial charge in [0, 0.05) is 31.1 Å². The van der Waals surface area contributed by atoms with E-state index in [0.717, 1.165) is 17.1 Å². The van der Waals surface area contributed by atoms with Gasteiger partial charge >= 0.3 is 11.8 Å². The summed E-state index contributed by atoms with van der Waals surface area (Å²) in [4.78, 5) is 45.3. The predicted octanol–water partition coefficient (Wildman–Crippen LogP) is 3.03. The Morgan fingerprint density at radius 3 is 2.53 bits per heavy atom. The van der Waals surface area contributed by atoms with Gasteiger partial charge in [0.25, 0.3) is 11.4 Å². The van der Waals surface area contributed by atoms with Crippen LogP contribution in [0, 0.1) is 12.7 Å². The Kier molecular flexibility index (Phi) is 8.46. The largest absolute Gasteiger partial charge is 0.475 e. The van der Waals surface area contributed by atoms with Crippen LogP contribution in [0.5, 0.6) is 17.4 Å². The van der Waals surface area contributed by atoms with Gasteiger partial charge < -0.3 is 14.0 Å². The van der Waals surface area contributed by atoms with Crippen molar-refractivity contribution in [2.24, 2.45) is 7.05 Å². The first-order valence-corrected chi connectivity index (χ1v) is 9.67. The molecule has 3 rings (SSSR count). The molecule has 168 valence electrons. The lowest BCUT2D eigenvalue weighted by Gasteiger charge is -2.14. The van der Waals surface area contributed by atoms with Crippen LogP contribution in [0.15, 0.2) is 46.1 Å². The number of pyridine rings is 1. The molecule has 2 aromatic heterocycles. The molecule has 3 aromatic rings. The molecule has 0 N–H and O–H groups in total. The number of nitrogens with zero attached hydrogens (tertiary/aromatic N) is 3. The summed E-state index contributed by atoms with van der Waals surface area (Å²) in [6, 6.07) is 6.70. The van der Waals surface area contributed by atoms with E-state index < -0.39 is 17.1 Å². The molecule has 1 aromatic carbocycles. The number of ether oxygens (including phenoxy) is 2. The summed E-state index contributed by atoms with van der Waals surface area (Å²) in [5.41, 5.74) is -1.16. The van der Waals surface area contributed by atoms with Gasteiger partial charge in [0.2, 0.25) is 0 Å². The Bertz CT molecular complexity index is 1270. The molecular weight excluding hydrogens is 445 g/mol. The molecule has 0 unspecified atom stereocenters. The molecule has 0 radical (unpaired) electrons. The molecule has 9 nitrogen and oxygen atoms in total. The zero-order chi connectivity index (χ0) is 23.8. The molecule has 0 saturated carbocycles. The Balaban J connectivity index is 0.00000114. The molecule has 0 aliphatic carbocycles. The molecule has 32 heavy (non-hydrogen) atoms. The molecule has 0 aliphatic heterocycles. The maximum Gasteiger partial charge on any atom is 0.373 e. The van der Waals surface area contributed by atoms with Gasteiger partial charge in [-0.25, -0.2) is 18.7 Å². The van der Waals surface area contributed by atoms with E-state index in [2.05, 4.69) is 4.98 Å². The molecule has 0 bridgehead atoms. The number of hydrogen-bond donors (Lipinski definition) is 0. The normalized spacial score (nSPS) is 10.0. The number of aromatic nitrogens is 3. The SMILES string of the molecule is CCCOc1ncccc1Oc1cc(-n2c(=O)cc(C)n(C)c2=O)c(F)cc1Cl.O=C=O. The quantitative estimate of drug-likeness (QED) is 0.552. The fourth-order valence-corrected chi connectivity index (χ4v) is 2.79. The van der Waals surface area contributed by atoms with Gasteiger partial charge in [-0.1, -0.05) is 18.5 Å². The van der Waals surface area contributed by atoms with Gasteiger partial charge in [-0.05, 0) is 31.5 Å². The molecule has 0 aliphatic rings. The first-order valence-electron chi connectivity index (χ1n) is 9.29. The molecule has 11 heteroatoms. The summed E-state index contributed by atoms with van der Waals surface area (Å²) < 4.78 is 27.9. The molecule has 0 atom stereocenters. The molecule has 0 amide bonds. The van der Waals surface area contributed by atoms with Gasteiger partial charge in [0.15, 0.2) is 5.75 Å². The van der Waals surface area contributed by atoms with Gasteiger partial charge in [-0.3, -0.25) is 4.79 Å². The van der Waals surface area contributed by atoms with E-state index in [9.17, 15) is 14.0 Å². The van der Waals surface area contributed by atoms with E-state index in [1.54, 1.807) is 25.3 Å². The minimum absolute atomic E-state index is 0.0338. The second kappa shape index (κ2) is 11.0. The van der Waals surface area contributed by atoms with Crippen molar-refractivity contribution in [1.29, 1.82) is 0 Å². The standard InChI is InChI=1S/C20H19ClFN3O4.CO2/c1-4-8-28-19-16(6-5-7-23-19)29-17-11-15(14(22)10-13(17)21)25-18(26)9-12(2)24(3)20(25)27;2-1-3/h5-7,9-11H,4,8H2,1-3H3;. The van der Waals surface area contributed by atoms with Crippen molar-refractivity contribution < 1.29 is 23.5 Å². The average Bonchev–Trinajstić information content (AvgIpc) is 2.75. The second-order valence-electron chi connectivity index (χ2n) is 6.38. The van der Waals surface area contributed by atoms with E-state index in [0.29, 0.717) is 12.3 Å². The smallest absolute Gasteiger partial charge is 0.373 e. The minimum Gasteiger partial charge on any atom is -0.475 e. The summed E-state index contributed by atoms with van der Waals surface area (Å²) >= 11 is 6.13. The van der Waals surface area contributed by atoms with Crippen LogP contribution in [-0.4, -0.2) is 26.9 Å². The van der Waals surface area contributed by atoms with Gasteiger partial charge in [0.1, 0.15) is 11.6 Å². The third-order valence-corrected chi connectivity index (χ3v) is 4.50. The lowest BCUT2D eigenvalue weighted by Crippen LogP contribution is -2.38. The average molecular weight is 464 g/mol. The molecular formula is C21H19ClFN3O6. The van der Waals surface area contributed by atoms with Crippen LogP contribution >= 0.6 is 11.6 Å². The first kappa shape index (κ1) is 24.5. The van der Waals surface area contributed by atoms with Crippen molar-refractivity contribution in [2.75, 3.05) is 6.61 Å². The number of benzene rings is 1. The highest BCUT2D eigenvalue weighted by Crippen LogP contribution is 2.35. The Morgan fingerprint density at radius 1 is 1.19 bits per heavy atom. The zero-order valence-corrected chi connectivity index (χ0v) is 18.2. The van der Waals surface area contributed by atoms with Crippen molar-refractivity contribution in [1.82, 2.24) is 14.1 Å². The van der Waals surface area contributed by atoms with Crippen LogP contribution in [0.1, 0.15) is 19.0 Å². The summed E-state index contributed by atoms with van der Waals surface area (Å²) in [5, 5.41) is -0.0338. The maximum absolute atomic E-state index is 14.6. The summed E-state index contributed by atoms with van der Waals surface area (Å²) in [7, 11) is 1.49. The highest BCUT2D eigenvalue weighted by molar-refractivity contribution is 6.32. The Labute approximate surface area is 186 Å². The Morgan fingerprint density at radius 2 is 1.88 bits per heavy atom.